The molecule has 0 saturated heterocycles. The summed E-state index contributed by atoms with van der Waals surface area (Å²) >= 11 is 0. The van der Waals surface area contributed by atoms with Crippen molar-refractivity contribution >= 4 is 23.4 Å². The highest BCUT2D eigenvalue weighted by molar-refractivity contribution is 6.23. The number of imide groups is 1. The lowest BCUT2D eigenvalue weighted by molar-refractivity contribution is -0.119. The summed E-state index contributed by atoms with van der Waals surface area (Å²) in [6, 6.07) is 18.4. The van der Waals surface area contributed by atoms with E-state index in [2.05, 4.69) is 10.3 Å². The van der Waals surface area contributed by atoms with Crippen molar-refractivity contribution in [3.8, 4) is 0 Å². The number of nitrogens with one attached hydrogen (secondary N) is 1. The number of benzene rings is 2. The number of nitrogens with zero attached hydrogens (tertiary/aromatic N) is 2. The molecule has 0 aliphatic carbocycles. The average Bonchev–Trinajstić information content (AvgIpc) is 2.98. The maximum absolute atomic E-state index is 13.2. The quantitative estimate of drug-likeness (QED) is 0.684. The highest BCUT2D eigenvalue weighted by atomic mass is 16.2. The van der Waals surface area contributed by atoms with E-state index in [0.717, 1.165) is 16.2 Å². The monoisotopic (exact) mass is 385 g/mol. The van der Waals surface area contributed by atoms with E-state index in [4.69, 9.17) is 0 Å². The van der Waals surface area contributed by atoms with Gasteiger partial charge >= 0.3 is 0 Å². The number of pyridine rings is 1. The molecule has 29 heavy (non-hydrogen) atoms. The third-order valence-corrected chi connectivity index (χ3v) is 4.88. The van der Waals surface area contributed by atoms with Crippen molar-refractivity contribution < 1.29 is 14.4 Å². The summed E-state index contributed by atoms with van der Waals surface area (Å²) in [6.07, 6.45) is 1.82. The van der Waals surface area contributed by atoms with Gasteiger partial charge in [0.15, 0.2) is 0 Å². The minimum absolute atomic E-state index is 0.224. The first-order valence-electron chi connectivity index (χ1n) is 9.29. The Kier molecular flexibility index (Phi) is 4.91. The maximum Gasteiger partial charge on any atom is 0.262 e. The normalized spacial score (nSPS) is 13.9. The first-order chi connectivity index (χ1) is 14.0. The molecule has 0 radical (unpaired) electrons. The molecule has 2 heterocycles. The summed E-state index contributed by atoms with van der Waals surface area (Å²) in [5.41, 5.74) is 2.82. The number of hydrogen-bond donors (Lipinski definition) is 1. The smallest absolute Gasteiger partial charge is 0.262 e. The summed E-state index contributed by atoms with van der Waals surface area (Å²) in [5.74, 6) is -1.32. The number of anilines is 1. The predicted octanol–water partition coefficient (Wildman–Crippen LogP) is 3.24. The Morgan fingerprint density at radius 1 is 0.966 bits per heavy atom. The number of aromatic nitrogens is 1. The number of amides is 3. The molecule has 2 aromatic carbocycles. The van der Waals surface area contributed by atoms with Crippen LogP contribution in [-0.2, 0) is 11.2 Å². The molecule has 6 heteroatoms. The van der Waals surface area contributed by atoms with Gasteiger partial charge in [-0.15, -0.1) is 0 Å². The van der Waals surface area contributed by atoms with E-state index >= 15 is 0 Å². The molecular weight excluding hydrogens is 366 g/mol. The largest absolute Gasteiger partial charge is 0.324 e. The Morgan fingerprint density at radius 3 is 2.21 bits per heavy atom. The second kappa shape index (κ2) is 7.67. The second-order valence-electron chi connectivity index (χ2n) is 6.91. The zero-order valence-corrected chi connectivity index (χ0v) is 15.8. The molecule has 0 fully saturated rings. The molecule has 1 N–H and O–H groups in total. The summed E-state index contributed by atoms with van der Waals surface area (Å²) in [4.78, 5) is 44.3. The third kappa shape index (κ3) is 3.65. The van der Waals surface area contributed by atoms with E-state index in [1.165, 1.54) is 0 Å². The fourth-order valence-corrected chi connectivity index (χ4v) is 3.48. The van der Waals surface area contributed by atoms with Gasteiger partial charge in [-0.2, -0.15) is 0 Å². The van der Waals surface area contributed by atoms with Crippen LogP contribution in [0.3, 0.4) is 0 Å². The Bertz CT molecular complexity index is 1060. The van der Waals surface area contributed by atoms with Gasteiger partial charge in [0, 0.05) is 24.0 Å². The Labute approximate surface area is 168 Å². The summed E-state index contributed by atoms with van der Waals surface area (Å²) in [5, 5.41) is 2.82. The van der Waals surface area contributed by atoms with E-state index < -0.39 is 23.8 Å². The van der Waals surface area contributed by atoms with Crippen molar-refractivity contribution in [2.75, 3.05) is 5.32 Å². The van der Waals surface area contributed by atoms with E-state index in [9.17, 15) is 14.4 Å². The standard InChI is InChI=1S/C23H19N3O3/c1-15-13-17(11-12-24-15)25-21(27)20(14-16-7-3-2-4-8-16)26-22(28)18-9-5-6-10-19(18)23(26)29/h2-13,20H,14H2,1H3,(H,24,25,27)/t20-/m0/s1. The summed E-state index contributed by atoms with van der Waals surface area (Å²) in [6.45, 7) is 1.82. The first-order valence-corrected chi connectivity index (χ1v) is 9.29. The van der Waals surface area contributed by atoms with Crippen LogP contribution in [0.2, 0.25) is 0 Å². The van der Waals surface area contributed by atoms with Gasteiger partial charge in [-0.25, -0.2) is 0 Å². The molecule has 144 valence electrons. The number of rotatable bonds is 5. The van der Waals surface area contributed by atoms with Crippen molar-refractivity contribution in [1.82, 2.24) is 9.88 Å². The predicted molar refractivity (Wildman–Crippen MR) is 108 cm³/mol. The molecule has 0 bridgehead atoms. The molecular formula is C23H19N3O3. The van der Waals surface area contributed by atoms with Gasteiger partial charge in [-0.05, 0) is 36.8 Å². The molecule has 0 unspecified atom stereocenters. The topological polar surface area (TPSA) is 79.4 Å². The molecule has 0 saturated carbocycles. The lowest BCUT2D eigenvalue weighted by Crippen LogP contribution is -2.48. The molecule has 1 aliphatic rings. The van der Waals surface area contributed by atoms with Crippen LogP contribution >= 0.6 is 0 Å². The van der Waals surface area contributed by atoms with Gasteiger partial charge in [0.1, 0.15) is 6.04 Å². The molecule has 1 atom stereocenters. The Morgan fingerprint density at radius 2 is 1.59 bits per heavy atom. The van der Waals surface area contributed by atoms with Crippen LogP contribution < -0.4 is 5.32 Å². The minimum atomic E-state index is -0.974. The van der Waals surface area contributed by atoms with E-state index in [0.29, 0.717) is 16.8 Å². The zero-order chi connectivity index (χ0) is 20.4. The van der Waals surface area contributed by atoms with E-state index in [1.807, 2.05) is 37.3 Å². The van der Waals surface area contributed by atoms with Gasteiger partial charge < -0.3 is 5.32 Å². The molecule has 1 aliphatic heterocycles. The van der Waals surface area contributed by atoms with Crippen molar-refractivity contribution in [3.05, 3.63) is 95.3 Å². The summed E-state index contributed by atoms with van der Waals surface area (Å²) in [7, 11) is 0. The SMILES string of the molecule is Cc1cc(NC(=O)[C@H](Cc2ccccc2)N2C(=O)c3ccccc3C2=O)ccn1. The van der Waals surface area contributed by atoms with Crippen LogP contribution in [0.5, 0.6) is 0 Å². The molecule has 6 nitrogen and oxygen atoms in total. The number of aryl methyl sites for hydroxylation is 1. The molecule has 4 rings (SSSR count). The first kappa shape index (κ1) is 18.6. The van der Waals surface area contributed by atoms with Crippen LogP contribution in [0.4, 0.5) is 5.69 Å². The number of fused-ring (bicyclic) bond motifs is 1. The van der Waals surface area contributed by atoms with Gasteiger partial charge in [0.05, 0.1) is 11.1 Å². The Hall–Kier alpha value is -3.80. The van der Waals surface area contributed by atoms with Crippen LogP contribution in [0.1, 0.15) is 32.0 Å². The van der Waals surface area contributed by atoms with Crippen LogP contribution in [0, 0.1) is 6.92 Å². The van der Waals surface area contributed by atoms with E-state index in [1.54, 1.807) is 42.6 Å². The van der Waals surface area contributed by atoms with Crippen LogP contribution in [-0.4, -0.2) is 33.6 Å². The second-order valence-corrected chi connectivity index (χ2v) is 6.91. The number of carbonyl (C=O) groups is 3. The van der Waals surface area contributed by atoms with Crippen molar-refractivity contribution in [1.29, 1.82) is 0 Å². The molecule has 3 amide bonds. The number of hydrogen-bond acceptors (Lipinski definition) is 4. The lowest BCUT2D eigenvalue weighted by atomic mass is 10.0. The van der Waals surface area contributed by atoms with Gasteiger partial charge in [-0.3, -0.25) is 24.3 Å². The van der Waals surface area contributed by atoms with Crippen molar-refractivity contribution in [2.45, 2.75) is 19.4 Å². The van der Waals surface area contributed by atoms with Crippen LogP contribution in [0.15, 0.2) is 72.9 Å². The van der Waals surface area contributed by atoms with Gasteiger partial charge in [0.25, 0.3) is 11.8 Å². The highest BCUT2D eigenvalue weighted by Gasteiger charge is 2.42. The van der Waals surface area contributed by atoms with Crippen molar-refractivity contribution in [2.24, 2.45) is 0 Å². The zero-order valence-electron chi connectivity index (χ0n) is 15.8. The average molecular weight is 385 g/mol. The molecule has 3 aromatic rings. The fraction of sp³-hybridized carbons (Fsp3) is 0.130. The summed E-state index contributed by atoms with van der Waals surface area (Å²) < 4.78 is 0. The molecule has 0 spiro atoms. The van der Waals surface area contributed by atoms with Gasteiger partial charge in [0.2, 0.25) is 5.91 Å². The van der Waals surface area contributed by atoms with E-state index in [-0.39, 0.29) is 6.42 Å². The number of carbonyl (C=O) groups excluding carboxylic acids is 3. The highest BCUT2D eigenvalue weighted by Crippen LogP contribution is 2.26. The van der Waals surface area contributed by atoms with Gasteiger partial charge in [-0.1, -0.05) is 42.5 Å². The fourth-order valence-electron chi connectivity index (χ4n) is 3.48. The third-order valence-electron chi connectivity index (χ3n) is 4.88. The van der Waals surface area contributed by atoms with Crippen molar-refractivity contribution in [3.63, 3.8) is 0 Å². The Balaban J connectivity index is 1.68. The lowest BCUT2D eigenvalue weighted by Gasteiger charge is -2.25. The van der Waals surface area contributed by atoms with Crippen LogP contribution in [0.25, 0.3) is 0 Å². The maximum atomic E-state index is 13.2. The minimum Gasteiger partial charge on any atom is -0.324 e. The molecule has 1 aromatic heterocycles.